The average Bonchev–Trinajstić information content (AvgIpc) is 3.18. The molecule has 1 N–H and O–H groups in total. The molecule has 24 heavy (non-hydrogen) atoms. The van der Waals surface area contributed by atoms with E-state index in [1.54, 1.807) is 22.7 Å². The van der Waals surface area contributed by atoms with Gasteiger partial charge in [0.2, 0.25) is 5.91 Å². The first-order chi connectivity index (χ1) is 11.5. The van der Waals surface area contributed by atoms with E-state index in [2.05, 4.69) is 10.3 Å². The molecule has 0 unspecified atom stereocenters. The van der Waals surface area contributed by atoms with Crippen LogP contribution in [0.3, 0.4) is 0 Å². The van der Waals surface area contributed by atoms with Crippen LogP contribution in [0.1, 0.15) is 16.3 Å². The number of hydrogen-bond donors (Lipinski definition) is 1. The van der Waals surface area contributed by atoms with Crippen LogP contribution in [-0.2, 0) is 11.2 Å². The van der Waals surface area contributed by atoms with Gasteiger partial charge in [-0.1, -0.05) is 17.7 Å². The largest absolute Gasteiger partial charge is 0.326 e. The Labute approximate surface area is 152 Å². The van der Waals surface area contributed by atoms with Gasteiger partial charge in [0.05, 0.1) is 20.6 Å². The molecule has 2 heterocycles. The fourth-order valence-corrected chi connectivity index (χ4v) is 4.21. The van der Waals surface area contributed by atoms with Crippen LogP contribution >= 0.6 is 34.3 Å². The summed E-state index contributed by atoms with van der Waals surface area (Å²) in [5.41, 5.74) is 1.45. The van der Waals surface area contributed by atoms with E-state index in [1.807, 2.05) is 24.4 Å². The Kier molecular flexibility index (Phi) is 5.28. The third-order valence-corrected chi connectivity index (χ3v) is 5.54. The molecular formula is C17H14ClFN2OS2. The number of thiazole rings is 1. The maximum absolute atomic E-state index is 13.1. The fourth-order valence-electron chi connectivity index (χ4n) is 2.27. The van der Waals surface area contributed by atoms with Crippen molar-refractivity contribution in [2.24, 2.45) is 0 Å². The Hall–Kier alpha value is -1.76. The van der Waals surface area contributed by atoms with Crippen molar-refractivity contribution in [2.45, 2.75) is 19.8 Å². The van der Waals surface area contributed by atoms with Gasteiger partial charge in [0, 0.05) is 17.0 Å². The standard InChI is InChI=1S/C17H14ClFN2OS2/c1-10-20-17(14-3-2-8-23-14)15(24-10)6-7-16(22)21-11-4-5-13(19)12(18)9-11/h2-5,8-9H,6-7H2,1H3,(H,21,22). The maximum Gasteiger partial charge on any atom is 0.224 e. The summed E-state index contributed by atoms with van der Waals surface area (Å²) in [6, 6.07) is 8.15. The minimum absolute atomic E-state index is 0.00846. The van der Waals surface area contributed by atoms with Crippen molar-refractivity contribution in [3.05, 3.63) is 56.4 Å². The van der Waals surface area contributed by atoms with E-state index < -0.39 is 5.82 Å². The lowest BCUT2D eigenvalue weighted by molar-refractivity contribution is -0.116. The van der Waals surface area contributed by atoms with Crippen molar-refractivity contribution < 1.29 is 9.18 Å². The highest BCUT2D eigenvalue weighted by molar-refractivity contribution is 7.15. The van der Waals surface area contributed by atoms with Gasteiger partial charge < -0.3 is 5.32 Å². The van der Waals surface area contributed by atoms with Crippen LogP contribution in [0.2, 0.25) is 5.02 Å². The van der Waals surface area contributed by atoms with E-state index >= 15 is 0 Å². The lowest BCUT2D eigenvalue weighted by atomic mass is 10.2. The minimum atomic E-state index is -0.504. The van der Waals surface area contributed by atoms with Gasteiger partial charge in [-0.2, -0.15) is 0 Å². The SMILES string of the molecule is Cc1nc(-c2cccs2)c(CCC(=O)Nc2ccc(F)c(Cl)c2)s1. The predicted molar refractivity (Wildman–Crippen MR) is 98.5 cm³/mol. The van der Waals surface area contributed by atoms with Crippen molar-refractivity contribution in [3.8, 4) is 10.6 Å². The van der Waals surface area contributed by atoms with Gasteiger partial charge in [-0.05, 0) is 43.0 Å². The Bertz CT molecular complexity index is 862. The topological polar surface area (TPSA) is 42.0 Å². The number of carbonyl (C=O) groups is 1. The van der Waals surface area contributed by atoms with Crippen molar-refractivity contribution in [1.82, 2.24) is 4.98 Å². The molecular weight excluding hydrogens is 367 g/mol. The van der Waals surface area contributed by atoms with Gasteiger partial charge in [0.25, 0.3) is 0 Å². The number of aryl methyl sites for hydroxylation is 2. The molecule has 0 fully saturated rings. The lowest BCUT2D eigenvalue weighted by Crippen LogP contribution is -2.12. The molecule has 0 aliphatic carbocycles. The summed E-state index contributed by atoms with van der Waals surface area (Å²) in [6.45, 7) is 1.96. The Morgan fingerprint density at radius 1 is 1.38 bits per heavy atom. The third kappa shape index (κ3) is 4.01. The molecule has 3 rings (SSSR count). The summed E-state index contributed by atoms with van der Waals surface area (Å²) in [6.07, 6.45) is 0.939. The van der Waals surface area contributed by atoms with Gasteiger partial charge in [-0.25, -0.2) is 9.37 Å². The predicted octanol–water partition coefficient (Wildman–Crippen LogP) is 5.54. The molecule has 3 nitrogen and oxygen atoms in total. The number of aromatic nitrogens is 1. The van der Waals surface area contributed by atoms with Crippen LogP contribution in [0.15, 0.2) is 35.7 Å². The molecule has 0 saturated heterocycles. The molecule has 3 aromatic rings. The van der Waals surface area contributed by atoms with Gasteiger partial charge in [-0.15, -0.1) is 22.7 Å². The number of rotatable bonds is 5. The quantitative estimate of drug-likeness (QED) is 0.631. The summed E-state index contributed by atoms with van der Waals surface area (Å²) in [4.78, 5) is 18.9. The van der Waals surface area contributed by atoms with Crippen LogP contribution in [0.25, 0.3) is 10.6 Å². The molecule has 0 bridgehead atoms. The first-order valence-electron chi connectivity index (χ1n) is 7.28. The van der Waals surface area contributed by atoms with E-state index in [9.17, 15) is 9.18 Å². The molecule has 124 valence electrons. The molecule has 7 heteroatoms. The Morgan fingerprint density at radius 2 is 2.21 bits per heavy atom. The number of carbonyl (C=O) groups excluding carboxylic acids is 1. The Morgan fingerprint density at radius 3 is 2.92 bits per heavy atom. The minimum Gasteiger partial charge on any atom is -0.326 e. The van der Waals surface area contributed by atoms with Crippen LogP contribution in [0.4, 0.5) is 10.1 Å². The molecule has 0 aliphatic rings. The van der Waals surface area contributed by atoms with Crippen LogP contribution in [-0.4, -0.2) is 10.9 Å². The van der Waals surface area contributed by atoms with Crippen molar-refractivity contribution in [3.63, 3.8) is 0 Å². The van der Waals surface area contributed by atoms with Gasteiger partial charge >= 0.3 is 0 Å². The molecule has 1 amide bonds. The van der Waals surface area contributed by atoms with E-state index in [-0.39, 0.29) is 10.9 Å². The van der Waals surface area contributed by atoms with Crippen LogP contribution in [0.5, 0.6) is 0 Å². The fraction of sp³-hybridized carbons (Fsp3) is 0.176. The zero-order valence-corrected chi connectivity index (χ0v) is 15.2. The summed E-state index contributed by atoms with van der Waals surface area (Å²) in [7, 11) is 0. The molecule has 2 aromatic heterocycles. The molecule has 0 saturated carbocycles. The zero-order chi connectivity index (χ0) is 17.1. The maximum atomic E-state index is 13.1. The smallest absolute Gasteiger partial charge is 0.224 e. The van der Waals surface area contributed by atoms with Gasteiger partial charge in [0.1, 0.15) is 5.82 Å². The van der Waals surface area contributed by atoms with Gasteiger partial charge in [0.15, 0.2) is 0 Å². The molecule has 0 atom stereocenters. The normalized spacial score (nSPS) is 10.8. The second-order valence-electron chi connectivity index (χ2n) is 5.16. The van der Waals surface area contributed by atoms with Crippen molar-refractivity contribution >= 4 is 45.9 Å². The van der Waals surface area contributed by atoms with E-state index in [0.29, 0.717) is 18.5 Å². The highest BCUT2D eigenvalue weighted by atomic mass is 35.5. The summed E-state index contributed by atoms with van der Waals surface area (Å²) >= 11 is 8.97. The first-order valence-corrected chi connectivity index (χ1v) is 9.35. The van der Waals surface area contributed by atoms with E-state index in [4.69, 9.17) is 11.6 Å². The number of hydrogen-bond acceptors (Lipinski definition) is 4. The number of thiophene rings is 1. The zero-order valence-electron chi connectivity index (χ0n) is 12.8. The molecule has 1 aromatic carbocycles. The summed E-state index contributed by atoms with van der Waals surface area (Å²) < 4.78 is 13.1. The number of amides is 1. The highest BCUT2D eigenvalue weighted by Crippen LogP contribution is 2.32. The van der Waals surface area contributed by atoms with Crippen LogP contribution < -0.4 is 5.32 Å². The molecule has 0 aliphatic heterocycles. The number of anilines is 1. The number of benzene rings is 1. The van der Waals surface area contributed by atoms with Crippen LogP contribution in [0, 0.1) is 12.7 Å². The van der Waals surface area contributed by atoms with Crippen molar-refractivity contribution in [1.29, 1.82) is 0 Å². The molecule has 0 radical (unpaired) electrons. The first kappa shape index (κ1) is 17.1. The van der Waals surface area contributed by atoms with Gasteiger partial charge in [-0.3, -0.25) is 4.79 Å². The number of halogens is 2. The number of nitrogens with one attached hydrogen (secondary N) is 1. The summed E-state index contributed by atoms with van der Waals surface area (Å²) in [5.74, 6) is -0.642. The van der Waals surface area contributed by atoms with E-state index in [1.165, 1.54) is 18.2 Å². The highest BCUT2D eigenvalue weighted by Gasteiger charge is 2.14. The monoisotopic (exact) mass is 380 g/mol. The second kappa shape index (κ2) is 7.42. The van der Waals surface area contributed by atoms with E-state index in [0.717, 1.165) is 20.5 Å². The number of nitrogens with zero attached hydrogens (tertiary/aromatic N) is 1. The molecule has 0 spiro atoms. The lowest BCUT2D eigenvalue weighted by Gasteiger charge is -2.06. The van der Waals surface area contributed by atoms with Crippen molar-refractivity contribution in [2.75, 3.05) is 5.32 Å². The second-order valence-corrected chi connectivity index (χ2v) is 7.80. The average molecular weight is 381 g/mol. The summed E-state index contributed by atoms with van der Waals surface area (Å²) in [5, 5.41) is 5.73. The Balaban J connectivity index is 1.65. The third-order valence-electron chi connectivity index (χ3n) is 3.34.